The lowest BCUT2D eigenvalue weighted by molar-refractivity contribution is 0.0782. The molecule has 1 saturated heterocycles. The summed E-state index contributed by atoms with van der Waals surface area (Å²) < 4.78 is 7.75. The standard InChI is InChI=1S/C21H20N4O4/c1-13-2-4-14(5-3-13)8-25-21(28)20(27)24-10-16-9-23(11-17(16)18(24)22-25)19(26)15-6-7-29-12-15/h2-7,12,16-17H,8-11H2,1H3. The molecule has 2 unspecified atom stereocenters. The number of amides is 1. The maximum atomic E-state index is 12.7. The van der Waals surface area contributed by atoms with E-state index in [1.165, 1.54) is 21.8 Å². The molecule has 1 amide bonds. The van der Waals surface area contributed by atoms with Crippen molar-refractivity contribution in [2.75, 3.05) is 13.1 Å². The van der Waals surface area contributed by atoms with Crippen molar-refractivity contribution >= 4 is 5.91 Å². The number of benzene rings is 1. The highest BCUT2D eigenvalue weighted by Crippen LogP contribution is 2.37. The Labute approximate surface area is 166 Å². The number of rotatable bonds is 3. The Morgan fingerprint density at radius 2 is 1.90 bits per heavy atom. The van der Waals surface area contributed by atoms with E-state index in [2.05, 4.69) is 5.10 Å². The average molecular weight is 392 g/mol. The van der Waals surface area contributed by atoms with Crippen molar-refractivity contribution in [3.05, 3.63) is 86.1 Å². The van der Waals surface area contributed by atoms with Crippen LogP contribution < -0.4 is 11.1 Å². The summed E-state index contributed by atoms with van der Waals surface area (Å²) in [4.78, 5) is 39.6. The predicted molar refractivity (Wildman–Crippen MR) is 104 cm³/mol. The van der Waals surface area contributed by atoms with Crippen LogP contribution in [0.3, 0.4) is 0 Å². The van der Waals surface area contributed by atoms with Gasteiger partial charge in [0.1, 0.15) is 12.1 Å². The fourth-order valence-corrected chi connectivity index (χ4v) is 4.30. The van der Waals surface area contributed by atoms with Gasteiger partial charge in [-0.2, -0.15) is 5.10 Å². The molecular formula is C21H20N4O4. The summed E-state index contributed by atoms with van der Waals surface area (Å²) in [5.74, 6) is 0.535. The topological polar surface area (TPSA) is 90.3 Å². The molecule has 0 saturated carbocycles. The monoisotopic (exact) mass is 392 g/mol. The second-order valence-corrected chi connectivity index (χ2v) is 7.81. The van der Waals surface area contributed by atoms with E-state index in [9.17, 15) is 14.4 Å². The van der Waals surface area contributed by atoms with Crippen molar-refractivity contribution in [2.45, 2.75) is 25.9 Å². The van der Waals surface area contributed by atoms with Crippen LogP contribution in [0.5, 0.6) is 0 Å². The normalized spacial score (nSPS) is 20.0. The number of fused-ring (bicyclic) bond motifs is 3. The van der Waals surface area contributed by atoms with E-state index < -0.39 is 11.1 Å². The van der Waals surface area contributed by atoms with Crippen LogP contribution in [0.1, 0.15) is 33.2 Å². The van der Waals surface area contributed by atoms with Gasteiger partial charge < -0.3 is 9.32 Å². The highest BCUT2D eigenvalue weighted by atomic mass is 16.3. The average Bonchev–Trinajstić information content (AvgIpc) is 3.44. The van der Waals surface area contributed by atoms with Gasteiger partial charge in [-0.3, -0.25) is 19.0 Å². The number of aryl methyl sites for hydroxylation is 1. The van der Waals surface area contributed by atoms with E-state index in [0.29, 0.717) is 31.0 Å². The summed E-state index contributed by atoms with van der Waals surface area (Å²) in [6, 6.07) is 9.43. The number of carbonyl (C=O) groups is 1. The predicted octanol–water partition coefficient (Wildman–Crippen LogP) is 1.22. The molecule has 0 radical (unpaired) electrons. The zero-order valence-corrected chi connectivity index (χ0v) is 15.9. The number of hydrogen-bond donors (Lipinski definition) is 0. The van der Waals surface area contributed by atoms with Crippen LogP contribution in [0.15, 0.2) is 56.9 Å². The summed E-state index contributed by atoms with van der Waals surface area (Å²) >= 11 is 0. The van der Waals surface area contributed by atoms with E-state index in [1.54, 1.807) is 11.0 Å². The molecule has 8 heteroatoms. The first-order chi connectivity index (χ1) is 14.0. The smallest absolute Gasteiger partial charge is 0.332 e. The molecular weight excluding hydrogens is 372 g/mol. The van der Waals surface area contributed by atoms with Crippen molar-refractivity contribution < 1.29 is 9.21 Å². The number of nitrogens with zero attached hydrogens (tertiary/aromatic N) is 4. The molecule has 0 N–H and O–H groups in total. The molecule has 1 aromatic carbocycles. The molecule has 29 heavy (non-hydrogen) atoms. The Morgan fingerprint density at radius 3 is 2.62 bits per heavy atom. The molecule has 2 aliphatic heterocycles. The maximum absolute atomic E-state index is 12.7. The fraction of sp³-hybridized carbons (Fsp3) is 0.333. The van der Waals surface area contributed by atoms with Gasteiger partial charge in [0.25, 0.3) is 5.91 Å². The molecule has 0 aliphatic carbocycles. The highest BCUT2D eigenvalue weighted by molar-refractivity contribution is 5.94. The molecule has 148 valence electrons. The highest BCUT2D eigenvalue weighted by Gasteiger charge is 2.44. The van der Waals surface area contributed by atoms with E-state index in [0.717, 1.165) is 11.1 Å². The molecule has 5 rings (SSSR count). The maximum Gasteiger partial charge on any atom is 0.332 e. The minimum Gasteiger partial charge on any atom is -0.472 e. The van der Waals surface area contributed by atoms with Gasteiger partial charge in [0.2, 0.25) is 0 Å². The van der Waals surface area contributed by atoms with Gasteiger partial charge in [0, 0.05) is 31.5 Å². The second-order valence-electron chi connectivity index (χ2n) is 7.81. The molecule has 2 aromatic heterocycles. The number of likely N-dealkylation sites (tertiary alicyclic amines) is 1. The van der Waals surface area contributed by atoms with Gasteiger partial charge in [-0.05, 0) is 18.6 Å². The Morgan fingerprint density at radius 1 is 1.10 bits per heavy atom. The van der Waals surface area contributed by atoms with E-state index in [1.807, 2.05) is 31.2 Å². The molecule has 2 atom stereocenters. The third-order valence-corrected chi connectivity index (χ3v) is 5.86. The van der Waals surface area contributed by atoms with Crippen molar-refractivity contribution in [2.24, 2.45) is 5.92 Å². The molecule has 2 aliphatic rings. The van der Waals surface area contributed by atoms with Crippen LogP contribution in [0, 0.1) is 12.8 Å². The van der Waals surface area contributed by atoms with E-state index in [4.69, 9.17) is 4.42 Å². The number of furan rings is 1. The lowest BCUT2D eigenvalue weighted by Crippen LogP contribution is -2.44. The largest absolute Gasteiger partial charge is 0.472 e. The van der Waals surface area contributed by atoms with Crippen molar-refractivity contribution in [3.63, 3.8) is 0 Å². The summed E-state index contributed by atoms with van der Waals surface area (Å²) in [6.07, 6.45) is 2.91. The molecule has 1 fully saturated rings. The van der Waals surface area contributed by atoms with Gasteiger partial charge in [0.05, 0.1) is 18.4 Å². The third kappa shape index (κ3) is 2.91. The molecule has 0 bridgehead atoms. The third-order valence-electron chi connectivity index (χ3n) is 5.86. The first-order valence-corrected chi connectivity index (χ1v) is 9.60. The zero-order chi connectivity index (χ0) is 20.1. The number of hydrogen-bond acceptors (Lipinski definition) is 5. The van der Waals surface area contributed by atoms with Gasteiger partial charge in [-0.15, -0.1) is 0 Å². The summed E-state index contributed by atoms with van der Waals surface area (Å²) in [5.41, 5.74) is 1.40. The molecule has 8 nitrogen and oxygen atoms in total. The van der Waals surface area contributed by atoms with Gasteiger partial charge >= 0.3 is 11.1 Å². The Hall–Kier alpha value is -3.42. The number of aromatic nitrogens is 3. The van der Waals surface area contributed by atoms with Gasteiger partial charge in [0.15, 0.2) is 0 Å². The van der Waals surface area contributed by atoms with Crippen molar-refractivity contribution in [3.8, 4) is 0 Å². The molecule has 4 heterocycles. The second kappa shape index (κ2) is 6.58. The first-order valence-electron chi connectivity index (χ1n) is 9.60. The molecule has 3 aromatic rings. The Bertz CT molecular complexity index is 1190. The summed E-state index contributed by atoms with van der Waals surface area (Å²) in [5, 5.41) is 4.54. The fourth-order valence-electron chi connectivity index (χ4n) is 4.30. The van der Waals surface area contributed by atoms with E-state index >= 15 is 0 Å². The SMILES string of the molecule is Cc1ccc(Cn2nc3n(c(=O)c2=O)CC2CN(C(=O)c4ccoc4)CC32)cc1. The van der Waals surface area contributed by atoms with Crippen LogP contribution in [-0.2, 0) is 13.1 Å². The Balaban J connectivity index is 1.45. The van der Waals surface area contributed by atoms with Crippen LogP contribution >= 0.6 is 0 Å². The van der Waals surface area contributed by atoms with Crippen LogP contribution in [0.4, 0.5) is 0 Å². The van der Waals surface area contributed by atoms with Crippen LogP contribution in [0.25, 0.3) is 0 Å². The lowest BCUT2D eigenvalue weighted by Gasteiger charge is -2.17. The quantitative estimate of drug-likeness (QED) is 0.625. The number of carbonyl (C=O) groups excluding carboxylic acids is 1. The Kier molecular flexibility index (Phi) is 4.01. The minimum atomic E-state index is -0.611. The van der Waals surface area contributed by atoms with Crippen molar-refractivity contribution in [1.29, 1.82) is 0 Å². The lowest BCUT2D eigenvalue weighted by atomic mass is 10.00. The van der Waals surface area contributed by atoms with Gasteiger partial charge in [-0.25, -0.2) is 4.68 Å². The van der Waals surface area contributed by atoms with Crippen LogP contribution in [-0.4, -0.2) is 38.2 Å². The van der Waals surface area contributed by atoms with Gasteiger partial charge in [-0.1, -0.05) is 29.8 Å². The zero-order valence-electron chi connectivity index (χ0n) is 15.9. The summed E-state index contributed by atoms with van der Waals surface area (Å²) in [6.45, 7) is 3.67. The van der Waals surface area contributed by atoms with E-state index in [-0.39, 0.29) is 24.3 Å². The van der Waals surface area contributed by atoms with Crippen LogP contribution in [0.2, 0.25) is 0 Å². The van der Waals surface area contributed by atoms with Crippen molar-refractivity contribution in [1.82, 2.24) is 19.2 Å². The first kappa shape index (κ1) is 17.7. The summed E-state index contributed by atoms with van der Waals surface area (Å²) in [7, 11) is 0. The molecule has 0 spiro atoms. The minimum absolute atomic E-state index is 0.0524.